The van der Waals surface area contributed by atoms with Crippen LogP contribution in [-0.4, -0.2) is 43.2 Å². The molecule has 3 aliphatic carbocycles. The van der Waals surface area contributed by atoms with Gasteiger partial charge in [-0.05, 0) is 112 Å². The lowest BCUT2D eigenvalue weighted by Crippen LogP contribution is -2.48. The molecule has 1 aromatic rings. The van der Waals surface area contributed by atoms with Crippen LogP contribution in [-0.2, 0) is 6.42 Å². The van der Waals surface area contributed by atoms with E-state index >= 15 is 0 Å². The first-order chi connectivity index (χ1) is 12.9. The molecule has 0 aliphatic heterocycles. The van der Waals surface area contributed by atoms with E-state index < -0.39 is 0 Å². The highest BCUT2D eigenvalue weighted by atomic mass is 16.3. The predicted octanol–water partition coefficient (Wildman–Crippen LogP) is 4.40. The van der Waals surface area contributed by atoms with E-state index in [9.17, 15) is 5.11 Å². The summed E-state index contributed by atoms with van der Waals surface area (Å²) in [6, 6.07) is 6.77. The molecule has 2 N–H and O–H groups in total. The van der Waals surface area contributed by atoms with Crippen molar-refractivity contribution in [1.82, 2.24) is 10.2 Å². The molecule has 0 radical (unpaired) electrons. The van der Waals surface area contributed by atoms with E-state index in [1.807, 2.05) is 12.1 Å². The minimum absolute atomic E-state index is 0.436. The molecule has 3 heteroatoms. The summed E-state index contributed by atoms with van der Waals surface area (Å²) in [6.45, 7) is 7.25. The number of benzene rings is 1. The molecular formula is C24H38N2O. The third-order valence-corrected chi connectivity index (χ3v) is 8.41. The Balaban J connectivity index is 1.49. The average Bonchev–Trinajstić information content (AvgIpc) is 2.98. The van der Waals surface area contributed by atoms with E-state index in [0.29, 0.717) is 17.2 Å². The van der Waals surface area contributed by atoms with Gasteiger partial charge in [0, 0.05) is 19.1 Å². The molecule has 0 heterocycles. The van der Waals surface area contributed by atoms with Crippen LogP contribution < -0.4 is 5.32 Å². The van der Waals surface area contributed by atoms with Crippen molar-refractivity contribution in [1.29, 1.82) is 0 Å². The minimum Gasteiger partial charge on any atom is -0.508 e. The Morgan fingerprint density at radius 3 is 2.81 bits per heavy atom. The fourth-order valence-electron chi connectivity index (χ4n) is 7.09. The maximum Gasteiger partial charge on any atom is 0.115 e. The van der Waals surface area contributed by atoms with Gasteiger partial charge in [0.25, 0.3) is 0 Å². The molecule has 0 aromatic heterocycles. The molecule has 4 rings (SSSR count). The van der Waals surface area contributed by atoms with E-state index in [2.05, 4.69) is 44.2 Å². The molecule has 2 saturated carbocycles. The van der Waals surface area contributed by atoms with Crippen molar-refractivity contribution in [2.45, 2.75) is 64.3 Å². The van der Waals surface area contributed by atoms with Crippen LogP contribution in [0, 0.1) is 23.2 Å². The molecule has 150 valence electrons. The Labute approximate surface area is 165 Å². The van der Waals surface area contributed by atoms with Crippen molar-refractivity contribution < 1.29 is 5.11 Å². The summed E-state index contributed by atoms with van der Waals surface area (Å²) in [5.74, 6) is 3.70. The normalized spacial score (nSPS) is 36.2. The summed E-state index contributed by atoms with van der Waals surface area (Å²) in [5, 5.41) is 13.7. The van der Waals surface area contributed by atoms with Crippen LogP contribution in [0.2, 0.25) is 0 Å². The number of aryl methyl sites for hydroxylation is 1. The second kappa shape index (κ2) is 7.40. The molecule has 6 atom stereocenters. The van der Waals surface area contributed by atoms with Gasteiger partial charge < -0.3 is 15.3 Å². The van der Waals surface area contributed by atoms with E-state index in [0.717, 1.165) is 43.2 Å². The third-order valence-electron chi connectivity index (χ3n) is 8.41. The van der Waals surface area contributed by atoms with Gasteiger partial charge in [-0.15, -0.1) is 0 Å². The lowest BCUT2D eigenvalue weighted by Gasteiger charge is -2.52. The number of hydrogen-bond donors (Lipinski definition) is 2. The summed E-state index contributed by atoms with van der Waals surface area (Å²) < 4.78 is 0. The number of fused-ring (bicyclic) bond motifs is 5. The average molecular weight is 371 g/mol. The van der Waals surface area contributed by atoms with Crippen LogP contribution >= 0.6 is 0 Å². The molecule has 2 fully saturated rings. The summed E-state index contributed by atoms with van der Waals surface area (Å²) >= 11 is 0. The van der Waals surface area contributed by atoms with E-state index in [4.69, 9.17) is 0 Å². The Kier molecular flexibility index (Phi) is 5.28. The zero-order chi connectivity index (χ0) is 19.2. The molecule has 0 amide bonds. The Bertz CT molecular complexity index is 672. The summed E-state index contributed by atoms with van der Waals surface area (Å²) in [5.41, 5.74) is 3.46. The zero-order valence-corrected chi connectivity index (χ0v) is 17.7. The van der Waals surface area contributed by atoms with Crippen LogP contribution in [0.4, 0.5) is 0 Å². The first kappa shape index (κ1) is 19.3. The van der Waals surface area contributed by atoms with Gasteiger partial charge in [0.1, 0.15) is 5.75 Å². The maximum atomic E-state index is 9.87. The lowest BCUT2D eigenvalue weighted by molar-refractivity contribution is 0.0181. The van der Waals surface area contributed by atoms with Gasteiger partial charge in [0.2, 0.25) is 0 Å². The zero-order valence-electron chi connectivity index (χ0n) is 17.7. The Morgan fingerprint density at radius 2 is 2.04 bits per heavy atom. The highest BCUT2D eigenvalue weighted by Crippen LogP contribution is 2.63. The third kappa shape index (κ3) is 3.42. The van der Waals surface area contributed by atoms with Gasteiger partial charge in [0.15, 0.2) is 0 Å². The quantitative estimate of drug-likeness (QED) is 0.806. The number of phenols is 1. The monoisotopic (exact) mass is 370 g/mol. The van der Waals surface area contributed by atoms with Crippen LogP contribution in [0.25, 0.3) is 0 Å². The van der Waals surface area contributed by atoms with Crippen LogP contribution in [0.15, 0.2) is 18.2 Å². The van der Waals surface area contributed by atoms with Crippen LogP contribution in [0.3, 0.4) is 0 Å². The van der Waals surface area contributed by atoms with Gasteiger partial charge in [-0.25, -0.2) is 0 Å². The van der Waals surface area contributed by atoms with E-state index in [1.165, 1.54) is 37.7 Å². The van der Waals surface area contributed by atoms with Gasteiger partial charge >= 0.3 is 0 Å². The van der Waals surface area contributed by atoms with Crippen LogP contribution in [0.1, 0.15) is 63.0 Å². The number of hydrogen-bond acceptors (Lipinski definition) is 3. The number of nitrogens with one attached hydrogen (secondary N) is 1. The largest absolute Gasteiger partial charge is 0.508 e. The number of likely N-dealkylation sites (N-methyl/N-ethyl adjacent to an activating group) is 1. The Hall–Kier alpha value is -1.06. The predicted molar refractivity (Wildman–Crippen MR) is 112 cm³/mol. The molecule has 1 aromatic carbocycles. The highest BCUT2D eigenvalue weighted by Gasteiger charge is 2.55. The van der Waals surface area contributed by atoms with Crippen molar-refractivity contribution in [3.05, 3.63) is 29.3 Å². The first-order valence-corrected chi connectivity index (χ1v) is 11.1. The maximum absolute atomic E-state index is 9.87. The van der Waals surface area contributed by atoms with Crippen LogP contribution in [0.5, 0.6) is 5.75 Å². The fourth-order valence-corrected chi connectivity index (χ4v) is 7.09. The van der Waals surface area contributed by atoms with Gasteiger partial charge in [-0.2, -0.15) is 0 Å². The first-order valence-electron chi connectivity index (χ1n) is 11.1. The Morgan fingerprint density at radius 1 is 1.22 bits per heavy atom. The summed E-state index contributed by atoms with van der Waals surface area (Å²) in [7, 11) is 4.31. The van der Waals surface area contributed by atoms with E-state index in [1.54, 1.807) is 5.56 Å². The van der Waals surface area contributed by atoms with E-state index in [-0.39, 0.29) is 0 Å². The topological polar surface area (TPSA) is 35.5 Å². The molecular weight excluding hydrogens is 332 g/mol. The second-order valence-corrected chi connectivity index (χ2v) is 10.1. The number of phenolic OH excluding ortho intramolecular Hbond substituents is 1. The molecule has 0 unspecified atom stereocenters. The smallest absolute Gasteiger partial charge is 0.115 e. The highest BCUT2D eigenvalue weighted by molar-refractivity contribution is 5.40. The number of nitrogens with zero attached hydrogens (tertiary/aromatic N) is 1. The fraction of sp³-hybridized carbons (Fsp3) is 0.750. The molecule has 3 nitrogen and oxygen atoms in total. The minimum atomic E-state index is 0.436. The molecule has 27 heavy (non-hydrogen) atoms. The van der Waals surface area contributed by atoms with Crippen molar-refractivity contribution >= 4 is 0 Å². The molecule has 0 bridgehead atoms. The SMILES string of the molecule is C[C@@H](NCCN(C)C)[C@@H]1CC[C@H]2[C@H]3CCc4cc(O)ccc4[C@@H]3CC[C@@]21C. The van der Waals surface area contributed by atoms with Crippen molar-refractivity contribution in [2.24, 2.45) is 23.2 Å². The standard InChI is InChI=1S/C24H38N2O/c1-16(25-13-14-26(3)4)22-9-10-23-21-7-5-17-15-18(27)6-8-19(17)20(21)11-12-24(22,23)2/h6,8,15-16,20-23,25,27H,5,7,9-14H2,1-4H3/t16-,20+,21+,22+,23+,24-/m1/s1. The molecule has 3 aliphatic rings. The van der Waals surface area contributed by atoms with Crippen molar-refractivity contribution in [2.75, 3.05) is 27.2 Å². The van der Waals surface area contributed by atoms with Crippen molar-refractivity contribution in [3.8, 4) is 5.75 Å². The van der Waals surface area contributed by atoms with Gasteiger partial charge in [0.05, 0.1) is 0 Å². The second-order valence-electron chi connectivity index (χ2n) is 10.1. The van der Waals surface area contributed by atoms with Crippen molar-refractivity contribution in [3.63, 3.8) is 0 Å². The summed E-state index contributed by atoms with van der Waals surface area (Å²) in [4.78, 5) is 2.27. The number of aromatic hydroxyl groups is 1. The molecule has 0 saturated heterocycles. The lowest BCUT2D eigenvalue weighted by atomic mass is 9.53. The van der Waals surface area contributed by atoms with Gasteiger partial charge in [-0.3, -0.25) is 0 Å². The summed E-state index contributed by atoms with van der Waals surface area (Å²) in [6.07, 6.45) is 7.97. The number of rotatable bonds is 5. The molecule has 0 spiro atoms. The van der Waals surface area contributed by atoms with Gasteiger partial charge in [-0.1, -0.05) is 13.0 Å².